The first-order valence-corrected chi connectivity index (χ1v) is 8.86. The molecule has 0 spiro atoms. The lowest BCUT2D eigenvalue weighted by Crippen LogP contribution is -2.53. The van der Waals surface area contributed by atoms with Gasteiger partial charge in [0.2, 0.25) is 5.91 Å². The van der Waals surface area contributed by atoms with Crippen molar-refractivity contribution in [2.45, 2.75) is 50.5 Å². The van der Waals surface area contributed by atoms with E-state index in [0.717, 1.165) is 25.9 Å². The summed E-state index contributed by atoms with van der Waals surface area (Å²) >= 11 is 0. The second-order valence-corrected chi connectivity index (χ2v) is 6.96. The Morgan fingerprint density at radius 1 is 1.29 bits per heavy atom. The first kappa shape index (κ1) is 19.2. The van der Waals surface area contributed by atoms with E-state index >= 15 is 0 Å². The van der Waals surface area contributed by atoms with Crippen LogP contribution in [0.5, 0.6) is 0 Å². The van der Waals surface area contributed by atoms with E-state index in [0.29, 0.717) is 13.2 Å². The number of ether oxygens (including phenoxy) is 1. The Bertz CT molecular complexity index is 538. The predicted molar refractivity (Wildman–Crippen MR) is 98.8 cm³/mol. The van der Waals surface area contributed by atoms with Gasteiger partial charge < -0.3 is 15.4 Å². The summed E-state index contributed by atoms with van der Waals surface area (Å²) < 4.78 is 5.40. The van der Waals surface area contributed by atoms with Crippen molar-refractivity contribution in [3.63, 3.8) is 0 Å². The molecule has 134 valence electrons. The molecule has 1 saturated heterocycles. The first-order valence-electron chi connectivity index (χ1n) is 8.86. The van der Waals surface area contributed by atoms with Crippen molar-refractivity contribution in [3.8, 4) is 0 Å². The van der Waals surface area contributed by atoms with Gasteiger partial charge in [0, 0.05) is 18.5 Å². The van der Waals surface area contributed by atoms with E-state index in [2.05, 4.69) is 41.8 Å². The summed E-state index contributed by atoms with van der Waals surface area (Å²) in [6.07, 6.45) is 6.11. The Kier molecular flexibility index (Phi) is 7.08. The smallest absolute Gasteiger partial charge is 0.239 e. The van der Waals surface area contributed by atoms with Crippen molar-refractivity contribution in [3.05, 3.63) is 35.4 Å². The molecule has 0 bridgehead atoms. The van der Waals surface area contributed by atoms with Gasteiger partial charge in [0.15, 0.2) is 0 Å². The van der Waals surface area contributed by atoms with E-state index in [1.165, 1.54) is 30.4 Å². The van der Waals surface area contributed by atoms with E-state index in [4.69, 9.17) is 4.74 Å². The summed E-state index contributed by atoms with van der Waals surface area (Å²) in [7, 11) is 0. The normalized spacial score (nSPS) is 23.1. The molecule has 2 fully saturated rings. The van der Waals surface area contributed by atoms with Gasteiger partial charge in [0.05, 0.1) is 13.2 Å². The lowest BCUT2D eigenvalue weighted by molar-refractivity contribution is -0.126. The standard InChI is InChI=1S/C19H28N2O2.ClH/c1-15-7-3-4-8-16(15)19(9-5-2-6-10-19)14-21-18(22)17-13-23-12-11-20-17;/h3-4,7-8,17,20H,2,5-6,9-14H2,1H3,(H,21,22);1H. The number of nitrogens with one attached hydrogen (secondary N) is 2. The van der Waals surface area contributed by atoms with E-state index in [1.807, 2.05) is 0 Å². The van der Waals surface area contributed by atoms with Crippen molar-refractivity contribution in [2.75, 3.05) is 26.3 Å². The molecule has 2 N–H and O–H groups in total. The van der Waals surface area contributed by atoms with Crippen LogP contribution >= 0.6 is 12.4 Å². The van der Waals surface area contributed by atoms with Crippen molar-refractivity contribution >= 4 is 18.3 Å². The third-order valence-electron chi connectivity index (χ3n) is 5.37. The largest absolute Gasteiger partial charge is 0.378 e. The summed E-state index contributed by atoms with van der Waals surface area (Å²) in [6.45, 7) is 4.83. The average molecular weight is 353 g/mol. The van der Waals surface area contributed by atoms with Crippen LogP contribution in [0.15, 0.2) is 24.3 Å². The molecule has 1 heterocycles. The second-order valence-electron chi connectivity index (χ2n) is 6.96. The van der Waals surface area contributed by atoms with Crippen LogP contribution in [0.4, 0.5) is 0 Å². The lowest BCUT2D eigenvalue weighted by Gasteiger charge is -2.39. The van der Waals surface area contributed by atoms with E-state index in [9.17, 15) is 4.79 Å². The van der Waals surface area contributed by atoms with Crippen molar-refractivity contribution < 1.29 is 9.53 Å². The average Bonchev–Trinajstić information content (AvgIpc) is 2.61. The van der Waals surface area contributed by atoms with Crippen LogP contribution in [-0.4, -0.2) is 38.3 Å². The molecule has 1 amide bonds. The Balaban J connectivity index is 0.00000208. The fourth-order valence-electron chi connectivity index (χ4n) is 4.05. The first-order chi connectivity index (χ1) is 11.2. The summed E-state index contributed by atoms with van der Waals surface area (Å²) in [4.78, 5) is 12.4. The van der Waals surface area contributed by atoms with Crippen LogP contribution in [0.1, 0.15) is 43.2 Å². The van der Waals surface area contributed by atoms with Gasteiger partial charge in [-0.3, -0.25) is 4.79 Å². The number of aryl methyl sites for hydroxylation is 1. The zero-order valence-electron chi connectivity index (χ0n) is 14.5. The van der Waals surface area contributed by atoms with Crippen LogP contribution in [0.2, 0.25) is 0 Å². The zero-order valence-corrected chi connectivity index (χ0v) is 15.3. The molecule has 3 rings (SSSR count). The number of hydrogen-bond donors (Lipinski definition) is 2. The molecule has 1 aromatic carbocycles. The number of rotatable bonds is 4. The minimum Gasteiger partial charge on any atom is -0.378 e. The monoisotopic (exact) mass is 352 g/mol. The summed E-state index contributed by atoms with van der Waals surface area (Å²) in [5.41, 5.74) is 2.84. The molecule has 4 nitrogen and oxygen atoms in total. The van der Waals surface area contributed by atoms with Gasteiger partial charge in [-0.15, -0.1) is 12.4 Å². The third kappa shape index (κ3) is 4.29. The number of hydrogen-bond acceptors (Lipinski definition) is 3. The molecule has 0 aromatic heterocycles. The molecule has 5 heteroatoms. The van der Waals surface area contributed by atoms with Gasteiger partial charge in [-0.1, -0.05) is 43.5 Å². The number of carbonyl (C=O) groups is 1. The molecular weight excluding hydrogens is 324 g/mol. The quantitative estimate of drug-likeness (QED) is 0.876. The lowest BCUT2D eigenvalue weighted by atomic mass is 9.68. The molecule has 0 radical (unpaired) electrons. The number of halogens is 1. The van der Waals surface area contributed by atoms with Crippen molar-refractivity contribution in [1.82, 2.24) is 10.6 Å². The van der Waals surface area contributed by atoms with Crippen molar-refractivity contribution in [2.24, 2.45) is 0 Å². The maximum Gasteiger partial charge on any atom is 0.239 e. The maximum absolute atomic E-state index is 12.4. The highest BCUT2D eigenvalue weighted by Gasteiger charge is 2.36. The van der Waals surface area contributed by atoms with Gasteiger partial charge in [-0.25, -0.2) is 0 Å². The molecule has 1 aromatic rings. The third-order valence-corrected chi connectivity index (χ3v) is 5.37. The fraction of sp³-hybridized carbons (Fsp3) is 0.632. The molecular formula is C19H29ClN2O2. The number of morpholine rings is 1. The van der Waals surface area contributed by atoms with Gasteiger partial charge in [0.1, 0.15) is 6.04 Å². The highest BCUT2D eigenvalue weighted by molar-refractivity contribution is 5.85. The van der Waals surface area contributed by atoms with E-state index in [-0.39, 0.29) is 29.8 Å². The van der Waals surface area contributed by atoms with Crippen molar-refractivity contribution in [1.29, 1.82) is 0 Å². The Morgan fingerprint density at radius 2 is 2.04 bits per heavy atom. The predicted octanol–water partition coefficient (Wildman–Crippen LogP) is 2.72. The summed E-state index contributed by atoms with van der Waals surface area (Å²) in [5, 5.41) is 6.44. The SMILES string of the molecule is Cc1ccccc1C1(CNC(=O)C2COCCN2)CCCCC1.Cl. The molecule has 24 heavy (non-hydrogen) atoms. The van der Waals surface area contributed by atoms with Crippen LogP contribution in [0, 0.1) is 6.92 Å². The van der Waals surface area contributed by atoms with Gasteiger partial charge in [0.25, 0.3) is 0 Å². The second kappa shape index (κ2) is 8.84. The Morgan fingerprint density at radius 3 is 2.71 bits per heavy atom. The highest BCUT2D eigenvalue weighted by atomic mass is 35.5. The number of carbonyl (C=O) groups excluding carboxylic acids is 1. The van der Waals surface area contributed by atoms with Crippen LogP contribution in [-0.2, 0) is 14.9 Å². The topological polar surface area (TPSA) is 50.4 Å². The Labute approximate surface area is 151 Å². The van der Waals surface area contributed by atoms with Gasteiger partial charge in [-0.05, 0) is 30.9 Å². The molecule has 1 aliphatic carbocycles. The fourth-order valence-corrected chi connectivity index (χ4v) is 4.05. The summed E-state index contributed by atoms with van der Waals surface area (Å²) in [6, 6.07) is 8.44. The van der Waals surface area contributed by atoms with Crippen LogP contribution in [0.3, 0.4) is 0 Å². The van der Waals surface area contributed by atoms with Gasteiger partial charge >= 0.3 is 0 Å². The van der Waals surface area contributed by atoms with Crippen LogP contribution < -0.4 is 10.6 Å². The van der Waals surface area contributed by atoms with E-state index in [1.54, 1.807) is 0 Å². The highest BCUT2D eigenvalue weighted by Crippen LogP contribution is 2.40. The Hall–Kier alpha value is -1.10. The maximum atomic E-state index is 12.4. The zero-order chi connectivity index (χ0) is 16.1. The minimum atomic E-state index is -0.207. The minimum absolute atomic E-state index is 0. The molecule has 1 atom stereocenters. The van der Waals surface area contributed by atoms with Gasteiger partial charge in [-0.2, -0.15) is 0 Å². The molecule has 1 saturated carbocycles. The summed E-state index contributed by atoms with van der Waals surface area (Å²) in [5.74, 6) is 0.0724. The molecule has 2 aliphatic rings. The molecule has 1 aliphatic heterocycles. The number of benzene rings is 1. The van der Waals surface area contributed by atoms with Crippen LogP contribution in [0.25, 0.3) is 0 Å². The molecule has 1 unspecified atom stereocenters. The number of amides is 1. The van der Waals surface area contributed by atoms with E-state index < -0.39 is 0 Å².